The molecule has 0 spiro atoms. The molecular weight excluding hydrogens is 458 g/mol. The largest absolute Gasteiger partial charge is 0.496 e. The fourth-order valence-electron chi connectivity index (χ4n) is 4.26. The van der Waals surface area contributed by atoms with Crippen LogP contribution in [0.5, 0.6) is 5.75 Å². The third-order valence-corrected chi connectivity index (χ3v) is 7.08. The molecule has 0 radical (unpaired) electrons. The van der Waals surface area contributed by atoms with Crippen molar-refractivity contribution in [1.82, 2.24) is 14.5 Å². The number of amides is 1. The van der Waals surface area contributed by atoms with Gasteiger partial charge in [-0.25, -0.2) is 4.98 Å². The molecule has 0 bridgehead atoms. The maximum atomic E-state index is 13.6. The van der Waals surface area contributed by atoms with Crippen LogP contribution in [0, 0.1) is 16.0 Å². The number of hydrogen-bond donors (Lipinski definition) is 1. The molecule has 0 saturated carbocycles. The topological polar surface area (TPSA) is 120 Å². The number of aryl methyl sites for hydroxylation is 1. The lowest BCUT2D eigenvalue weighted by Gasteiger charge is -2.18. The summed E-state index contributed by atoms with van der Waals surface area (Å²) in [5.74, 6) is 0.804. The highest BCUT2D eigenvalue weighted by Gasteiger charge is 2.26. The molecule has 3 aromatic rings. The zero-order chi connectivity index (χ0) is 24.6. The van der Waals surface area contributed by atoms with Crippen LogP contribution in [-0.2, 0) is 30.7 Å². The Morgan fingerprint density at radius 1 is 1.41 bits per heavy atom. The average molecular weight is 486 g/mol. The van der Waals surface area contributed by atoms with Crippen LogP contribution in [0.3, 0.4) is 0 Å². The van der Waals surface area contributed by atoms with E-state index in [2.05, 4.69) is 12.2 Å². The minimum atomic E-state index is -0.589. The van der Waals surface area contributed by atoms with Gasteiger partial charge >= 0.3 is 0 Å². The molecule has 1 atom stereocenters. The van der Waals surface area contributed by atoms with Crippen molar-refractivity contribution in [3.8, 4) is 5.75 Å². The summed E-state index contributed by atoms with van der Waals surface area (Å²) in [6.45, 7) is 2.29. The van der Waals surface area contributed by atoms with Crippen molar-refractivity contribution in [1.29, 1.82) is 0 Å². The molecule has 2 aromatic heterocycles. The summed E-state index contributed by atoms with van der Waals surface area (Å²) >= 11 is 1.57. The standard InChI is InChI=1S/C23H27N5O5S/c1-13-5-7-15-18(9-13)34-22-21(15)23(30)27(19(25-22)11-26(2)3)12-20(29)24-16-8-6-14(33-4)10-17(16)28(31)32/h6,8,10,13H,5,7,9,11-12H2,1-4H3,(H,24,29). The minimum absolute atomic E-state index is 0.0361. The predicted octanol–water partition coefficient (Wildman–Crippen LogP) is 3.20. The fraction of sp³-hybridized carbons (Fsp3) is 0.435. The quantitative estimate of drug-likeness (QED) is 0.403. The molecule has 0 saturated heterocycles. The number of rotatable bonds is 7. The summed E-state index contributed by atoms with van der Waals surface area (Å²) in [5, 5.41) is 14.6. The van der Waals surface area contributed by atoms with Crippen LogP contribution in [0.4, 0.5) is 11.4 Å². The SMILES string of the molecule is COc1ccc(NC(=O)Cn2c(CN(C)C)nc3sc4c(c3c2=O)CCC(C)C4)c([N+](=O)[O-])c1. The van der Waals surface area contributed by atoms with Gasteiger partial charge in [-0.2, -0.15) is 0 Å². The van der Waals surface area contributed by atoms with Crippen molar-refractivity contribution in [2.24, 2.45) is 5.92 Å². The lowest BCUT2D eigenvalue weighted by atomic mass is 9.89. The highest BCUT2D eigenvalue weighted by Crippen LogP contribution is 2.36. The maximum absolute atomic E-state index is 13.6. The summed E-state index contributed by atoms with van der Waals surface area (Å²) in [7, 11) is 5.13. The Bertz CT molecular complexity index is 1330. The van der Waals surface area contributed by atoms with E-state index in [0.29, 0.717) is 34.3 Å². The zero-order valence-corrected chi connectivity index (χ0v) is 20.4. The third kappa shape index (κ3) is 4.66. The first-order valence-electron chi connectivity index (χ1n) is 11.0. The van der Waals surface area contributed by atoms with Gasteiger partial charge in [-0.3, -0.25) is 24.3 Å². The van der Waals surface area contributed by atoms with Gasteiger partial charge in [0.05, 0.1) is 30.0 Å². The molecule has 0 aliphatic heterocycles. The molecule has 1 aromatic carbocycles. The number of thiophene rings is 1. The van der Waals surface area contributed by atoms with Crippen LogP contribution in [0.2, 0.25) is 0 Å². The van der Waals surface area contributed by atoms with Crippen LogP contribution in [0.25, 0.3) is 10.2 Å². The third-order valence-electron chi connectivity index (χ3n) is 5.93. The number of nitrogens with one attached hydrogen (secondary N) is 1. The first-order chi connectivity index (χ1) is 16.2. The number of methoxy groups -OCH3 is 1. The molecule has 34 heavy (non-hydrogen) atoms. The van der Waals surface area contributed by atoms with Gasteiger partial charge in [0.2, 0.25) is 5.91 Å². The van der Waals surface area contributed by atoms with E-state index in [0.717, 1.165) is 24.8 Å². The Labute approximate surface area is 200 Å². The number of benzene rings is 1. The second-order valence-corrected chi connectivity index (χ2v) is 9.96. The summed E-state index contributed by atoms with van der Waals surface area (Å²) in [6.07, 6.45) is 2.77. The predicted molar refractivity (Wildman–Crippen MR) is 131 cm³/mol. The molecule has 1 aliphatic carbocycles. The zero-order valence-electron chi connectivity index (χ0n) is 19.6. The number of anilines is 1. The van der Waals surface area contributed by atoms with Crippen LogP contribution in [-0.4, -0.2) is 46.5 Å². The van der Waals surface area contributed by atoms with Gasteiger partial charge in [0.1, 0.15) is 28.6 Å². The number of nitrogens with zero attached hydrogens (tertiary/aromatic N) is 4. The first kappa shape index (κ1) is 23.8. The highest BCUT2D eigenvalue weighted by atomic mass is 32.1. The molecule has 1 unspecified atom stereocenters. The first-order valence-corrected chi connectivity index (χ1v) is 11.8. The number of ether oxygens (including phenoxy) is 1. The number of nitro groups is 1. The van der Waals surface area contributed by atoms with E-state index in [1.165, 1.54) is 34.8 Å². The molecule has 1 aliphatic rings. The Balaban J connectivity index is 1.72. The van der Waals surface area contributed by atoms with Gasteiger partial charge in [0.25, 0.3) is 11.2 Å². The summed E-state index contributed by atoms with van der Waals surface area (Å²) in [6, 6.07) is 4.18. The molecule has 1 amide bonds. The molecule has 4 rings (SSSR count). The maximum Gasteiger partial charge on any atom is 0.296 e. The van der Waals surface area contributed by atoms with Gasteiger partial charge < -0.3 is 15.0 Å². The molecule has 1 N–H and O–H groups in total. The second-order valence-electron chi connectivity index (χ2n) is 8.88. The summed E-state index contributed by atoms with van der Waals surface area (Å²) < 4.78 is 6.43. The molecular formula is C23H27N5O5S. The van der Waals surface area contributed by atoms with Crippen molar-refractivity contribution >= 4 is 38.8 Å². The van der Waals surface area contributed by atoms with E-state index in [4.69, 9.17) is 9.72 Å². The number of hydrogen-bond acceptors (Lipinski definition) is 8. The van der Waals surface area contributed by atoms with Crippen molar-refractivity contribution < 1.29 is 14.5 Å². The van der Waals surface area contributed by atoms with Gasteiger partial charge in [0.15, 0.2) is 0 Å². The summed E-state index contributed by atoms with van der Waals surface area (Å²) in [5.41, 5.74) is 0.553. The summed E-state index contributed by atoms with van der Waals surface area (Å²) in [4.78, 5) is 46.0. The van der Waals surface area contributed by atoms with Crippen molar-refractivity contribution in [2.75, 3.05) is 26.5 Å². The lowest BCUT2D eigenvalue weighted by molar-refractivity contribution is -0.384. The average Bonchev–Trinajstić information content (AvgIpc) is 3.13. The smallest absolute Gasteiger partial charge is 0.296 e. The lowest BCUT2D eigenvalue weighted by Crippen LogP contribution is -2.33. The van der Waals surface area contributed by atoms with Crippen molar-refractivity contribution in [2.45, 2.75) is 39.3 Å². The van der Waals surface area contributed by atoms with Crippen molar-refractivity contribution in [3.05, 3.63) is 54.9 Å². The van der Waals surface area contributed by atoms with E-state index in [1.54, 1.807) is 11.3 Å². The van der Waals surface area contributed by atoms with E-state index < -0.39 is 10.8 Å². The Morgan fingerprint density at radius 2 is 2.18 bits per heavy atom. The van der Waals surface area contributed by atoms with Gasteiger partial charge in [-0.15, -0.1) is 11.3 Å². The fourth-order valence-corrected chi connectivity index (χ4v) is 5.65. The van der Waals surface area contributed by atoms with E-state index in [1.807, 2.05) is 19.0 Å². The second kappa shape index (κ2) is 9.51. The number of carbonyl (C=O) groups excluding carboxylic acids is 1. The molecule has 180 valence electrons. The van der Waals surface area contributed by atoms with Gasteiger partial charge in [-0.1, -0.05) is 6.92 Å². The number of aromatic nitrogens is 2. The van der Waals surface area contributed by atoms with Gasteiger partial charge in [-0.05, 0) is 57.0 Å². The Hall–Kier alpha value is -3.31. The van der Waals surface area contributed by atoms with Crippen LogP contribution in [0.15, 0.2) is 23.0 Å². The highest BCUT2D eigenvalue weighted by molar-refractivity contribution is 7.18. The number of nitro benzene ring substituents is 1. The Kier molecular flexibility index (Phi) is 6.67. The van der Waals surface area contributed by atoms with Gasteiger partial charge in [0, 0.05) is 4.88 Å². The number of fused-ring (bicyclic) bond motifs is 3. The van der Waals surface area contributed by atoms with E-state index in [-0.39, 0.29) is 23.5 Å². The molecule has 0 fully saturated rings. The van der Waals surface area contributed by atoms with Crippen molar-refractivity contribution in [3.63, 3.8) is 0 Å². The molecule has 10 nitrogen and oxygen atoms in total. The van der Waals surface area contributed by atoms with Crippen LogP contribution < -0.4 is 15.6 Å². The van der Waals surface area contributed by atoms with Crippen LogP contribution >= 0.6 is 11.3 Å². The Morgan fingerprint density at radius 3 is 2.85 bits per heavy atom. The monoisotopic (exact) mass is 485 g/mol. The number of carbonyl (C=O) groups is 1. The normalized spacial score (nSPS) is 15.4. The van der Waals surface area contributed by atoms with E-state index in [9.17, 15) is 19.7 Å². The molecule has 11 heteroatoms. The van der Waals surface area contributed by atoms with E-state index >= 15 is 0 Å². The van der Waals surface area contributed by atoms with Crippen LogP contribution in [0.1, 0.15) is 29.6 Å². The minimum Gasteiger partial charge on any atom is -0.496 e. The molecule has 2 heterocycles.